The van der Waals surface area contributed by atoms with Crippen LogP contribution in [0.25, 0.3) is 11.3 Å². The van der Waals surface area contributed by atoms with Crippen molar-refractivity contribution in [3.8, 4) is 11.3 Å². The Bertz CT molecular complexity index is 580. The minimum atomic E-state index is -0.865. The van der Waals surface area contributed by atoms with Gasteiger partial charge in [-0.15, -0.1) is 0 Å². The van der Waals surface area contributed by atoms with Crippen LogP contribution >= 0.6 is 11.6 Å². The second kappa shape index (κ2) is 6.54. The molecule has 0 amide bonds. The van der Waals surface area contributed by atoms with E-state index in [1.54, 1.807) is 23.2 Å². The lowest BCUT2D eigenvalue weighted by atomic mass is 10.2. The lowest BCUT2D eigenvalue weighted by molar-refractivity contribution is -0.138. The van der Waals surface area contributed by atoms with Gasteiger partial charge in [0.05, 0.1) is 19.3 Å². The molecule has 1 N–H and O–H groups in total. The Kier molecular flexibility index (Phi) is 4.76. The van der Waals surface area contributed by atoms with Crippen LogP contribution in [0.5, 0.6) is 0 Å². The van der Waals surface area contributed by atoms with Crippen LogP contribution in [0.15, 0.2) is 34.9 Å². The van der Waals surface area contributed by atoms with Crippen molar-refractivity contribution < 1.29 is 14.3 Å². The second-order valence-corrected chi connectivity index (χ2v) is 4.76. The van der Waals surface area contributed by atoms with Crippen LogP contribution in [0, 0.1) is 0 Å². The van der Waals surface area contributed by atoms with Crippen LogP contribution in [-0.4, -0.2) is 34.0 Å². The molecule has 1 heterocycles. The summed E-state index contributed by atoms with van der Waals surface area (Å²) in [6.45, 7) is 2.85. The Morgan fingerprint density at radius 1 is 1.40 bits per heavy atom. The highest BCUT2D eigenvalue weighted by molar-refractivity contribution is 6.30. The maximum atomic E-state index is 10.7. The molecule has 0 radical (unpaired) electrons. The van der Waals surface area contributed by atoms with Crippen molar-refractivity contribution in [1.82, 2.24) is 9.88 Å². The second-order valence-electron chi connectivity index (χ2n) is 4.32. The molecular weight excluding hydrogens is 280 g/mol. The van der Waals surface area contributed by atoms with Crippen molar-refractivity contribution in [2.24, 2.45) is 0 Å². The number of aromatic nitrogens is 1. The molecule has 20 heavy (non-hydrogen) atoms. The van der Waals surface area contributed by atoms with E-state index in [4.69, 9.17) is 21.1 Å². The van der Waals surface area contributed by atoms with Gasteiger partial charge in [-0.2, -0.15) is 0 Å². The number of carboxylic acid groups (broad SMARTS) is 1. The van der Waals surface area contributed by atoms with Crippen LogP contribution < -0.4 is 0 Å². The molecule has 106 valence electrons. The van der Waals surface area contributed by atoms with Crippen LogP contribution in [-0.2, 0) is 11.3 Å². The van der Waals surface area contributed by atoms with E-state index in [2.05, 4.69) is 4.98 Å². The summed E-state index contributed by atoms with van der Waals surface area (Å²) in [5.41, 5.74) is 0.884. The fourth-order valence-corrected chi connectivity index (χ4v) is 1.92. The SMILES string of the molecule is CCN(CC(=O)O)Cc1ncc(-c2ccc(Cl)cc2)o1. The molecule has 2 rings (SSSR count). The number of rotatable bonds is 6. The summed E-state index contributed by atoms with van der Waals surface area (Å²) in [6.07, 6.45) is 1.63. The first-order valence-electron chi connectivity index (χ1n) is 6.23. The van der Waals surface area contributed by atoms with E-state index in [0.717, 1.165) is 5.56 Å². The van der Waals surface area contributed by atoms with Crippen molar-refractivity contribution in [1.29, 1.82) is 0 Å². The van der Waals surface area contributed by atoms with E-state index in [1.807, 2.05) is 19.1 Å². The molecule has 0 aliphatic heterocycles. The van der Waals surface area contributed by atoms with Crippen molar-refractivity contribution in [3.63, 3.8) is 0 Å². The summed E-state index contributed by atoms with van der Waals surface area (Å²) in [6, 6.07) is 7.26. The topological polar surface area (TPSA) is 66.6 Å². The van der Waals surface area contributed by atoms with E-state index in [1.165, 1.54) is 0 Å². The van der Waals surface area contributed by atoms with Crippen molar-refractivity contribution >= 4 is 17.6 Å². The molecule has 1 aromatic heterocycles. The number of hydrogen-bond donors (Lipinski definition) is 1. The predicted octanol–water partition coefficient (Wildman–Crippen LogP) is 2.90. The van der Waals surface area contributed by atoms with Gasteiger partial charge < -0.3 is 9.52 Å². The van der Waals surface area contributed by atoms with E-state index < -0.39 is 5.97 Å². The molecule has 0 bridgehead atoms. The van der Waals surface area contributed by atoms with Gasteiger partial charge in [-0.3, -0.25) is 9.69 Å². The summed E-state index contributed by atoms with van der Waals surface area (Å²) in [5, 5.41) is 9.46. The molecule has 0 saturated heterocycles. The maximum Gasteiger partial charge on any atom is 0.317 e. The van der Waals surface area contributed by atoms with Crippen molar-refractivity contribution in [3.05, 3.63) is 41.4 Å². The Morgan fingerprint density at radius 3 is 2.70 bits per heavy atom. The monoisotopic (exact) mass is 294 g/mol. The molecule has 0 unspecified atom stereocenters. The van der Waals surface area contributed by atoms with Crippen molar-refractivity contribution in [2.75, 3.05) is 13.1 Å². The molecule has 5 nitrogen and oxygen atoms in total. The van der Waals surface area contributed by atoms with Crippen LogP contribution in [0.4, 0.5) is 0 Å². The number of aliphatic carboxylic acids is 1. The van der Waals surface area contributed by atoms with Gasteiger partial charge in [0.2, 0.25) is 5.89 Å². The summed E-state index contributed by atoms with van der Waals surface area (Å²) >= 11 is 5.83. The number of carbonyl (C=O) groups is 1. The highest BCUT2D eigenvalue weighted by atomic mass is 35.5. The largest absolute Gasteiger partial charge is 0.480 e. The molecule has 0 aliphatic rings. The molecule has 0 saturated carbocycles. The zero-order chi connectivity index (χ0) is 14.5. The third kappa shape index (κ3) is 3.82. The van der Waals surface area contributed by atoms with Gasteiger partial charge in [-0.1, -0.05) is 18.5 Å². The number of oxazole rings is 1. The third-order valence-corrected chi connectivity index (χ3v) is 3.10. The summed E-state index contributed by atoms with van der Waals surface area (Å²) < 4.78 is 5.63. The fourth-order valence-electron chi connectivity index (χ4n) is 1.79. The van der Waals surface area contributed by atoms with Gasteiger partial charge in [0.15, 0.2) is 5.76 Å². The molecule has 0 atom stereocenters. The maximum absolute atomic E-state index is 10.7. The predicted molar refractivity (Wildman–Crippen MR) is 75.5 cm³/mol. The summed E-state index contributed by atoms with van der Waals surface area (Å²) in [5.74, 6) is 0.275. The average molecular weight is 295 g/mol. The zero-order valence-electron chi connectivity index (χ0n) is 11.0. The number of halogens is 1. The molecule has 0 spiro atoms. The number of nitrogens with zero attached hydrogens (tertiary/aromatic N) is 2. The Morgan fingerprint density at radius 2 is 2.10 bits per heavy atom. The Hall–Kier alpha value is -1.85. The molecule has 2 aromatic rings. The first kappa shape index (κ1) is 14.6. The molecule has 0 fully saturated rings. The van der Waals surface area contributed by atoms with Gasteiger partial charge in [-0.25, -0.2) is 4.98 Å². The van der Waals surface area contributed by atoms with E-state index >= 15 is 0 Å². The van der Waals surface area contributed by atoms with Gasteiger partial charge >= 0.3 is 5.97 Å². The standard InChI is InChI=1S/C14H15ClN2O3/c1-2-17(9-14(18)19)8-13-16-7-12(20-13)10-3-5-11(15)6-4-10/h3-7H,2,8-9H2,1H3,(H,18,19). The molecule has 6 heteroatoms. The molecular formula is C14H15ClN2O3. The average Bonchev–Trinajstić information content (AvgIpc) is 2.87. The van der Waals surface area contributed by atoms with Crippen LogP contribution in [0.3, 0.4) is 0 Å². The van der Waals surface area contributed by atoms with Crippen LogP contribution in [0.2, 0.25) is 5.02 Å². The first-order chi connectivity index (χ1) is 9.58. The molecule has 0 aliphatic carbocycles. The zero-order valence-corrected chi connectivity index (χ0v) is 11.8. The fraction of sp³-hybridized carbons (Fsp3) is 0.286. The van der Waals surface area contributed by atoms with E-state index in [0.29, 0.717) is 29.8 Å². The van der Waals surface area contributed by atoms with Crippen molar-refractivity contribution in [2.45, 2.75) is 13.5 Å². The first-order valence-corrected chi connectivity index (χ1v) is 6.61. The normalized spacial score (nSPS) is 10.9. The minimum absolute atomic E-state index is 0.0326. The van der Waals surface area contributed by atoms with Crippen LogP contribution in [0.1, 0.15) is 12.8 Å². The smallest absolute Gasteiger partial charge is 0.317 e. The number of carboxylic acids is 1. The van der Waals surface area contributed by atoms with E-state index in [9.17, 15) is 4.79 Å². The highest BCUT2D eigenvalue weighted by Crippen LogP contribution is 2.22. The lowest BCUT2D eigenvalue weighted by Gasteiger charge is -2.15. The van der Waals surface area contributed by atoms with Gasteiger partial charge in [-0.05, 0) is 30.8 Å². The summed E-state index contributed by atoms with van der Waals surface area (Å²) in [7, 11) is 0. The number of likely N-dealkylation sites (N-methyl/N-ethyl adjacent to an activating group) is 1. The van der Waals surface area contributed by atoms with Gasteiger partial charge in [0, 0.05) is 10.6 Å². The lowest BCUT2D eigenvalue weighted by Crippen LogP contribution is -2.29. The highest BCUT2D eigenvalue weighted by Gasteiger charge is 2.12. The van der Waals surface area contributed by atoms with Gasteiger partial charge in [0.25, 0.3) is 0 Å². The van der Waals surface area contributed by atoms with Gasteiger partial charge in [0.1, 0.15) is 0 Å². The molecule has 1 aromatic carbocycles. The number of hydrogen-bond acceptors (Lipinski definition) is 4. The van der Waals surface area contributed by atoms with E-state index in [-0.39, 0.29) is 6.54 Å². The minimum Gasteiger partial charge on any atom is -0.480 e. The Labute approximate surface area is 121 Å². The summed E-state index contributed by atoms with van der Waals surface area (Å²) in [4.78, 5) is 16.6. The third-order valence-electron chi connectivity index (χ3n) is 2.85. The number of benzene rings is 1. The Balaban J connectivity index is 2.08. The quantitative estimate of drug-likeness (QED) is 0.887.